The molecule has 0 aromatic heterocycles. The molecule has 0 saturated heterocycles. The third-order valence-corrected chi connectivity index (χ3v) is 4.90. The molecule has 2 rings (SSSR count). The first-order chi connectivity index (χ1) is 8.59. The molecule has 0 fully saturated rings. The van der Waals surface area contributed by atoms with E-state index in [9.17, 15) is 4.79 Å². The highest BCUT2D eigenvalue weighted by molar-refractivity contribution is 9.09. The lowest BCUT2D eigenvalue weighted by Gasteiger charge is -2.15. The number of hydrogen-bond donors (Lipinski definition) is 1. The van der Waals surface area contributed by atoms with E-state index in [-0.39, 0.29) is 5.24 Å². The van der Waals surface area contributed by atoms with Gasteiger partial charge in [0.15, 0.2) is 0 Å². The van der Waals surface area contributed by atoms with Crippen molar-refractivity contribution >= 4 is 32.9 Å². The second-order valence-electron chi connectivity index (χ2n) is 4.51. The molecular weight excluding hydrogens is 312 g/mol. The van der Waals surface area contributed by atoms with Gasteiger partial charge >= 0.3 is 0 Å². The number of hydrogen-bond acceptors (Lipinski definition) is 3. The highest BCUT2D eigenvalue weighted by Crippen LogP contribution is 2.34. The third-order valence-electron chi connectivity index (χ3n) is 2.94. The fourth-order valence-electron chi connectivity index (χ4n) is 1.98. The quantitative estimate of drug-likeness (QED) is 0.635. The number of carbonyl (C=O) groups excluding carboxylic acids is 1. The number of carbonyl (C=O) groups is 1. The molecule has 1 aliphatic rings. The van der Waals surface area contributed by atoms with Crippen molar-refractivity contribution in [2.24, 2.45) is 0 Å². The van der Waals surface area contributed by atoms with Gasteiger partial charge in [-0.25, -0.2) is 0 Å². The molecule has 3 nitrogen and oxygen atoms in total. The molecule has 0 bridgehead atoms. The third kappa shape index (κ3) is 3.08. The monoisotopic (exact) mass is 328 g/mol. The minimum absolute atomic E-state index is 0.0757. The van der Waals surface area contributed by atoms with Crippen LogP contribution < -0.4 is 5.32 Å². The van der Waals surface area contributed by atoms with Crippen LogP contribution in [0.25, 0.3) is 0 Å². The molecule has 1 N–H and O–H groups in total. The van der Waals surface area contributed by atoms with E-state index in [4.69, 9.17) is 0 Å². The van der Waals surface area contributed by atoms with Crippen molar-refractivity contribution in [2.75, 3.05) is 27.2 Å². The number of fused-ring (bicyclic) bond motifs is 1. The Labute approximate surface area is 120 Å². The van der Waals surface area contributed by atoms with Gasteiger partial charge in [0.25, 0.3) is 5.24 Å². The molecule has 0 saturated carbocycles. The van der Waals surface area contributed by atoms with Crippen LogP contribution >= 0.6 is 27.7 Å². The molecule has 98 valence electrons. The van der Waals surface area contributed by atoms with Gasteiger partial charge in [0, 0.05) is 25.5 Å². The van der Waals surface area contributed by atoms with Crippen molar-refractivity contribution in [1.29, 1.82) is 0 Å². The van der Waals surface area contributed by atoms with E-state index in [0.717, 1.165) is 24.4 Å². The van der Waals surface area contributed by atoms with E-state index in [1.165, 1.54) is 22.9 Å². The predicted molar refractivity (Wildman–Crippen MR) is 79.6 cm³/mol. The Bertz CT molecular complexity index is 451. The number of nitrogens with one attached hydrogen (secondary N) is 1. The molecule has 0 aliphatic carbocycles. The van der Waals surface area contributed by atoms with E-state index < -0.39 is 0 Å². The van der Waals surface area contributed by atoms with E-state index in [1.54, 1.807) is 19.0 Å². The summed E-state index contributed by atoms with van der Waals surface area (Å²) in [6, 6.07) is 6.21. The molecule has 1 heterocycles. The average molecular weight is 329 g/mol. The molecule has 1 aromatic carbocycles. The Morgan fingerprint density at radius 1 is 1.50 bits per heavy atom. The SMILES string of the molecule is CN(C)C(=O)Sc1cccc2c1CCNCC2Br. The molecular formula is C13H17BrN2OS. The van der Waals surface area contributed by atoms with Crippen LogP contribution in [0.15, 0.2) is 23.1 Å². The van der Waals surface area contributed by atoms with Crippen LogP contribution in [0.5, 0.6) is 0 Å². The first-order valence-electron chi connectivity index (χ1n) is 5.95. The second kappa shape index (κ2) is 6.08. The highest BCUT2D eigenvalue weighted by atomic mass is 79.9. The van der Waals surface area contributed by atoms with Gasteiger partial charge in [0.1, 0.15) is 0 Å². The van der Waals surface area contributed by atoms with Gasteiger partial charge in [-0.1, -0.05) is 28.1 Å². The summed E-state index contributed by atoms with van der Waals surface area (Å²) in [5.74, 6) is 0. The summed E-state index contributed by atoms with van der Waals surface area (Å²) in [6.07, 6.45) is 0.974. The Hall–Kier alpha value is -0.520. The Balaban J connectivity index is 2.32. The van der Waals surface area contributed by atoms with E-state index in [2.05, 4.69) is 27.3 Å². The summed E-state index contributed by atoms with van der Waals surface area (Å²) in [4.78, 5) is 14.8. The molecule has 0 spiro atoms. The standard InChI is InChI=1S/C13H17BrN2OS/c1-16(2)13(17)18-12-5-3-4-9-10(12)6-7-15-8-11(9)14/h3-5,11,15H,6-8H2,1-2H3. The predicted octanol–water partition coefficient (Wildman–Crippen LogP) is 3.04. The van der Waals surface area contributed by atoms with Crippen molar-refractivity contribution in [3.8, 4) is 0 Å². The van der Waals surface area contributed by atoms with E-state index in [1.807, 2.05) is 12.1 Å². The zero-order valence-corrected chi connectivity index (χ0v) is 13.0. The number of halogens is 1. The van der Waals surface area contributed by atoms with Crippen LogP contribution in [0.1, 0.15) is 16.0 Å². The Morgan fingerprint density at radius 2 is 2.28 bits per heavy atom. The van der Waals surface area contributed by atoms with Crippen LogP contribution in [-0.2, 0) is 6.42 Å². The number of nitrogens with zero attached hydrogens (tertiary/aromatic N) is 1. The first kappa shape index (κ1) is 13.9. The number of thioether (sulfide) groups is 1. The van der Waals surface area contributed by atoms with Crippen LogP contribution in [0.2, 0.25) is 0 Å². The maximum absolute atomic E-state index is 11.8. The van der Waals surface area contributed by atoms with Crippen molar-refractivity contribution in [3.63, 3.8) is 0 Å². The topological polar surface area (TPSA) is 32.3 Å². The summed E-state index contributed by atoms with van der Waals surface area (Å²) in [6.45, 7) is 1.89. The molecule has 18 heavy (non-hydrogen) atoms. The van der Waals surface area contributed by atoms with Crippen LogP contribution in [0.3, 0.4) is 0 Å². The highest BCUT2D eigenvalue weighted by Gasteiger charge is 2.20. The molecule has 5 heteroatoms. The summed E-state index contributed by atoms with van der Waals surface area (Å²) in [5.41, 5.74) is 2.60. The van der Waals surface area contributed by atoms with Crippen LogP contribution in [0.4, 0.5) is 4.79 Å². The lowest BCUT2D eigenvalue weighted by molar-refractivity contribution is 0.241. The fraction of sp³-hybridized carbons (Fsp3) is 0.462. The largest absolute Gasteiger partial charge is 0.339 e. The van der Waals surface area contributed by atoms with Crippen molar-refractivity contribution in [1.82, 2.24) is 10.2 Å². The number of amides is 1. The Morgan fingerprint density at radius 3 is 3.00 bits per heavy atom. The van der Waals surface area contributed by atoms with Gasteiger partial charge in [-0.2, -0.15) is 0 Å². The summed E-state index contributed by atoms with van der Waals surface area (Å²) in [7, 11) is 3.57. The number of alkyl halides is 1. The molecule has 1 atom stereocenters. The zero-order valence-electron chi connectivity index (χ0n) is 10.6. The minimum Gasteiger partial charge on any atom is -0.339 e. The van der Waals surface area contributed by atoms with Crippen molar-refractivity contribution in [2.45, 2.75) is 16.1 Å². The van der Waals surface area contributed by atoms with Gasteiger partial charge in [0.05, 0.1) is 4.83 Å². The number of rotatable bonds is 1. The summed E-state index contributed by atoms with van der Waals surface area (Å²) >= 11 is 5.02. The second-order valence-corrected chi connectivity index (χ2v) is 6.61. The van der Waals surface area contributed by atoms with Crippen molar-refractivity contribution in [3.05, 3.63) is 29.3 Å². The smallest absolute Gasteiger partial charge is 0.285 e. The molecule has 1 aliphatic heterocycles. The number of benzene rings is 1. The van der Waals surface area contributed by atoms with Crippen molar-refractivity contribution < 1.29 is 4.79 Å². The van der Waals surface area contributed by atoms with Crippen LogP contribution in [0, 0.1) is 0 Å². The minimum atomic E-state index is 0.0757. The molecule has 1 amide bonds. The molecule has 1 unspecified atom stereocenters. The summed E-state index contributed by atoms with van der Waals surface area (Å²) < 4.78 is 0. The van der Waals surface area contributed by atoms with Gasteiger partial charge in [-0.15, -0.1) is 0 Å². The Kier molecular flexibility index (Phi) is 4.70. The molecule has 1 aromatic rings. The van der Waals surface area contributed by atoms with Gasteiger partial charge in [-0.3, -0.25) is 4.79 Å². The lowest BCUT2D eigenvalue weighted by atomic mass is 10.0. The average Bonchev–Trinajstić information content (AvgIpc) is 2.53. The van der Waals surface area contributed by atoms with Gasteiger partial charge in [-0.05, 0) is 41.9 Å². The van der Waals surface area contributed by atoms with E-state index >= 15 is 0 Å². The summed E-state index contributed by atoms with van der Waals surface area (Å²) in [5, 5.41) is 3.47. The normalized spacial score (nSPS) is 18.9. The lowest BCUT2D eigenvalue weighted by Crippen LogP contribution is -2.17. The maximum atomic E-state index is 11.8. The van der Waals surface area contributed by atoms with Gasteiger partial charge in [0.2, 0.25) is 0 Å². The first-order valence-corrected chi connectivity index (χ1v) is 7.68. The van der Waals surface area contributed by atoms with Gasteiger partial charge < -0.3 is 10.2 Å². The molecule has 0 radical (unpaired) electrons. The van der Waals surface area contributed by atoms with E-state index in [0.29, 0.717) is 4.83 Å². The zero-order chi connectivity index (χ0) is 13.1. The van der Waals surface area contributed by atoms with Crippen LogP contribution in [-0.4, -0.2) is 37.3 Å². The fourth-order valence-corrected chi connectivity index (χ4v) is 3.50. The maximum Gasteiger partial charge on any atom is 0.285 e.